The van der Waals surface area contributed by atoms with E-state index < -0.39 is 0 Å². The second-order valence-electron chi connectivity index (χ2n) is 3.91. The molecule has 3 rings (SSSR count). The fourth-order valence-electron chi connectivity index (χ4n) is 1.81. The van der Waals surface area contributed by atoms with Crippen LogP contribution in [0.4, 0.5) is 4.39 Å². The predicted molar refractivity (Wildman–Crippen MR) is 67.2 cm³/mol. The maximum absolute atomic E-state index is 12.8. The van der Waals surface area contributed by atoms with E-state index in [-0.39, 0.29) is 5.82 Å². The van der Waals surface area contributed by atoms with Gasteiger partial charge in [-0.25, -0.2) is 4.39 Å². The fourth-order valence-corrected chi connectivity index (χ4v) is 1.81. The molecule has 18 heavy (non-hydrogen) atoms. The molecule has 4 heteroatoms. The van der Waals surface area contributed by atoms with Crippen LogP contribution in [0.3, 0.4) is 0 Å². The van der Waals surface area contributed by atoms with Gasteiger partial charge in [0.25, 0.3) is 0 Å². The summed E-state index contributed by atoms with van der Waals surface area (Å²) < 4.78 is 12.8. The summed E-state index contributed by atoms with van der Waals surface area (Å²) >= 11 is 0. The highest BCUT2D eigenvalue weighted by atomic mass is 19.1. The SMILES string of the molecule is Fc1ccc(-c2cccc(-c3ccn[nH]3)c2)nc1. The molecule has 3 nitrogen and oxygen atoms in total. The zero-order chi connectivity index (χ0) is 12.4. The number of hydrogen-bond acceptors (Lipinski definition) is 2. The van der Waals surface area contributed by atoms with E-state index in [0.717, 1.165) is 22.5 Å². The van der Waals surface area contributed by atoms with E-state index in [1.54, 1.807) is 12.3 Å². The number of rotatable bonds is 2. The van der Waals surface area contributed by atoms with Gasteiger partial charge in [0.05, 0.1) is 17.6 Å². The molecule has 3 aromatic rings. The highest BCUT2D eigenvalue weighted by molar-refractivity contribution is 5.69. The molecule has 2 heterocycles. The van der Waals surface area contributed by atoms with Crippen LogP contribution in [0.25, 0.3) is 22.5 Å². The predicted octanol–water partition coefficient (Wildman–Crippen LogP) is 3.28. The quantitative estimate of drug-likeness (QED) is 0.745. The summed E-state index contributed by atoms with van der Waals surface area (Å²) in [6.45, 7) is 0. The third-order valence-electron chi connectivity index (χ3n) is 2.70. The van der Waals surface area contributed by atoms with Crippen molar-refractivity contribution >= 4 is 0 Å². The first-order valence-electron chi connectivity index (χ1n) is 5.55. The molecule has 1 aromatic carbocycles. The van der Waals surface area contributed by atoms with Gasteiger partial charge in [0, 0.05) is 17.3 Å². The van der Waals surface area contributed by atoms with Crippen molar-refractivity contribution in [3.63, 3.8) is 0 Å². The maximum atomic E-state index is 12.8. The first-order valence-corrected chi connectivity index (χ1v) is 5.55. The molecule has 0 atom stereocenters. The molecule has 0 aliphatic heterocycles. The summed E-state index contributed by atoms with van der Waals surface area (Å²) in [6.07, 6.45) is 2.93. The van der Waals surface area contributed by atoms with Crippen molar-refractivity contribution in [2.45, 2.75) is 0 Å². The third-order valence-corrected chi connectivity index (χ3v) is 2.70. The zero-order valence-electron chi connectivity index (χ0n) is 9.47. The summed E-state index contributed by atoms with van der Waals surface area (Å²) in [6, 6.07) is 12.8. The number of nitrogens with zero attached hydrogens (tertiary/aromatic N) is 2. The van der Waals surface area contributed by atoms with E-state index in [1.807, 2.05) is 30.3 Å². The van der Waals surface area contributed by atoms with Gasteiger partial charge in [0.2, 0.25) is 0 Å². The summed E-state index contributed by atoms with van der Waals surface area (Å²) in [7, 11) is 0. The van der Waals surface area contributed by atoms with Crippen molar-refractivity contribution in [1.29, 1.82) is 0 Å². The zero-order valence-corrected chi connectivity index (χ0v) is 9.47. The largest absolute Gasteiger partial charge is 0.278 e. The molecule has 0 radical (unpaired) electrons. The number of hydrogen-bond donors (Lipinski definition) is 1. The minimum absolute atomic E-state index is 0.330. The minimum Gasteiger partial charge on any atom is -0.278 e. The second-order valence-corrected chi connectivity index (χ2v) is 3.91. The van der Waals surface area contributed by atoms with Crippen LogP contribution in [0.1, 0.15) is 0 Å². The Balaban J connectivity index is 2.03. The van der Waals surface area contributed by atoms with Gasteiger partial charge in [0.15, 0.2) is 0 Å². The number of benzene rings is 1. The van der Waals surface area contributed by atoms with Gasteiger partial charge in [-0.05, 0) is 24.3 Å². The lowest BCUT2D eigenvalue weighted by Crippen LogP contribution is -1.86. The highest BCUT2D eigenvalue weighted by Gasteiger charge is 2.03. The summed E-state index contributed by atoms with van der Waals surface area (Å²) in [5.74, 6) is -0.330. The van der Waals surface area contributed by atoms with Gasteiger partial charge < -0.3 is 0 Å². The Morgan fingerprint density at radius 1 is 1.00 bits per heavy atom. The molecular formula is C14H10FN3. The molecule has 0 saturated heterocycles. The lowest BCUT2D eigenvalue weighted by atomic mass is 10.1. The van der Waals surface area contributed by atoms with E-state index in [1.165, 1.54) is 12.3 Å². The smallest absolute Gasteiger partial charge is 0.141 e. The number of aromatic nitrogens is 3. The first-order chi connectivity index (χ1) is 8.83. The molecule has 0 unspecified atom stereocenters. The number of pyridine rings is 1. The van der Waals surface area contributed by atoms with Crippen LogP contribution in [-0.2, 0) is 0 Å². The van der Waals surface area contributed by atoms with Crippen LogP contribution >= 0.6 is 0 Å². The molecule has 1 N–H and O–H groups in total. The lowest BCUT2D eigenvalue weighted by Gasteiger charge is -2.03. The molecule has 0 bridgehead atoms. The molecular weight excluding hydrogens is 229 g/mol. The Bertz CT molecular complexity index is 645. The Labute approximate surface area is 103 Å². The van der Waals surface area contributed by atoms with E-state index in [9.17, 15) is 4.39 Å². The van der Waals surface area contributed by atoms with Gasteiger partial charge in [0.1, 0.15) is 5.82 Å². The fraction of sp³-hybridized carbons (Fsp3) is 0. The molecule has 88 valence electrons. The van der Waals surface area contributed by atoms with Crippen molar-refractivity contribution in [2.24, 2.45) is 0 Å². The Hall–Kier alpha value is -2.49. The standard InChI is InChI=1S/C14H10FN3/c15-12-4-5-13(16-9-12)10-2-1-3-11(8-10)14-6-7-17-18-14/h1-9H,(H,17,18). The number of H-pyrrole nitrogens is 1. The second kappa shape index (κ2) is 4.41. The normalized spacial score (nSPS) is 10.5. The van der Waals surface area contributed by atoms with E-state index >= 15 is 0 Å². The van der Waals surface area contributed by atoms with E-state index in [4.69, 9.17) is 0 Å². The van der Waals surface area contributed by atoms with E-state index in [0.29, 0.717) is 0 Å². The van der Waals surface area contributed by atoms with Gasteiger partial charge in [-0.2, -0.15) is 5.10 Å². The molecule has 0 aliphatic rings. The van der Waals surface area contributed by atoms with Crippen molar-refractivity contribution in [3.8, 4) is 22.5 Å². The first kappa shape index (κ1) is 10.7. The van der Waals surface area contributed by atoms with Crippen LogP contribution in [0, 0.1) is 5.82 Å². The molecule has 2 aromatic heterocycles. The average Bonchev–Trinajstić information content (AvgIpc) is 2.94. The molecule has 0 fully saturated rings. The summed E-state index contributed by atoms with van der Waals surface area (Å²) in [4.78, 5) is 4.07. The topological polar surface area (TPSA) is 41.6 Å². The van der Waals surface area contributed by atoms with E-state index in [2.05, 4.69) is 15.2 Å². The Morgan fingerprint density at radius 2 is 1.89 bits per heavy atom. The van der Waals surface area contributed by atoms with Crippen LogP contribution in [0.15, 0.2) is 54.9 Å². The number of aromatic amines is 1. The van der Waals surface area contributed by atoms with Crippen molar-refractivity contribution in [2.75, 3.05) is 0 Å². The minimum atomic E-state index is -0.330. The van der Waals surface area contributed by atoms with Crippen molar-refractivity contribution in [1.82, 2.24) is 15.2 Å². The van der Waals surface area contributed by atoms with Crippen LogP contribution in [0.5, 0.6) is 0 Å². The molecule has 0 saturated carbocycles. The van der Waals surface area contributed by atoms with Gasteiger partial charge >= 0.3 is 0 Å². The number of nitrogens with one attached hydrogen (secondary N) is 1. The summed E-state index contributed by atoms with van der Waals surface area (Å²) in [5, 5.41) is 6.83. The van der Waals surface area contributed by atoms with Crippen molar-refractivity contribution < 1.29 is 4.39 Å². The van der Waals surface area contributed by atoms with Crippen molar-refractivity contribution in [3.05, 3.63) is 60.7 Å². The Kier molecular flexibility index (Phi) is 2.61. The third kappa shape index (κ3) is 2.00. The summed E-state index contributed by atoms with van der Waals surface area (Å²) in [5.41, 5.74) is 3.66. The Morgan fingerprint density at radius 3 is 2.61 bits per heavy atom. The van der Waals surface area contributed by atoms with Gasteiger partial charge in [-0.1, -0.05) is 18.2 Å². The average molecular weight is 239 g/mol. The maximum Gasteiger partial charge on any atom is 0.141 e. The lowest BCUT2D eigenvalue weighted by molar-refractivity contribution is 0.622. The molecule has 0 aliphatic carbocycles. The van der Waals surface area contributed by atoms with Gasteiger partial charge in [-0.15, -0.1) is 0 Å². The van der Waals surface area contributed by atoms with Crippen LogP contribution < -0.4 is 0 Å². The van der Waals surface area contributed by atoms with Gasteiger partial charge in [-0.3, -0.25) is 10.1 Å². The highest BCUT2D eigenvalue weighted by Crippen LogP contribution is 2.23. The molecule has 0 spiro atoms. The van der Waals surface area contributed by atoms with Crippen LogP contribution in [-0.4, -0.2) is 15.2 Å². The van der Waals surface area contributed by atoms with Crippen LogP contribution in [0.2, 0.25) is 0 Å². The molecule has 0 amide bonds. The number of halogens is 1. The monoisotopic (exact) mass is 239 g/mol.